The van der Waals surface area contributed by atoms with Crippen LogP contribution in [0.5, 0.6) is 0 Å². The maximum absolute atomic E-state index is 6.36. The summed E-state index contributed by atoms with van der Waals surface area (Å²) in [6.45, 7) is 8.56. The first-order chi connectivity index (χ1) is 15.3. The Bertz CT molecular complexity index is 366. The Balaban J connectivity index is 2.25. The molecule has 10 heteroatoms. The monoisotopic (exact) mass is 468 g/mol. The average Bonchev–Trinajstić information content (AvgIpc) is 2.77. The highest BCUT2D eigenvalue weighted by atomic mass is 28.4. The van der Waals surface area contributed by atoms with Crippen LogP contribution in [-0.2, 0) is 41.7 Å². The molecule has 0 saturated carbocycles. The maximum atomic E-state index is 6.36. The van der Waals surface area contributed by atoms with Crippen LogP contribution in [-0.4, -0.2) is 108 Å². The molecule has 0 aliphatic carbocycles. The summed E-state index contributed by atoms with van der Waals surface area (Å²) in [7, 11) is 0.600. The van der Waals surface area contributed by atoms with Crippen LogP contribution in [0, 0.1) is 0 Å². The SMILES string of the molecule is CCCC1CCC[Si](OCCOCCOCCOC)(OCCOCCOCCOC)O1. The maximum Gasteiger partial charge on any atom is 0.501 e. The lowest BCUT2D eigenvalue weighted by Crippen LogP contribution is -2.52. The lowest BCUT2D eigenvalue weighted by molar-refractivity contribution is -0.0299. The number of ether oxygens (including phenoxy) is 6. The van der Waals surface area contributed by atoms with E-state index in [2.05, 4.69) is 6.92 Å². The van der Waals surface area contributed by atoms with Crippen LogP contribution in [0.1, 0.15) is 32.6 Å². The van der Waals surface area contributed by atoms with Gasteiger partial charge >= 0.3 is 8.80 Å². The van der Waals surface area contributed by atoms with Gasteiger partial charge in [-0.2, -0.15) is 0 Å². The molecule has 1 aliphatic heterocycles. The molecular formula is C21H44O9Si. The number of methoxy groups -OCH3 is 2. The molecule has 0 spiro atoms. The van der Waals surface area contributed by atoms with Gasteiger partial charge in [-0.3, -0.25) is 0 Å². The smallest absolute Gasteiger partial charge is 0.382 e. The molecule has 1 atom stereocenters. The molecular weight excluding hydrogens is 424 g/mol. The molecule has 9 nitrogen and oxygen atoms in total. The second-order valence-corrected chi connectivity index (χ2v) is 9.91. The Morgan fingerprint density at radius 1 is 0.677 bits per heavy atom. The second-order valence-electron chi connectivity index (χ2n) is 7.24. The quantitative estimate of drug-likeness (QED) is 0.175. The summed E-state index contributed by atoms with van der Waals surface area (Å²) in [5.74, 6) is 0. The largest absolute Gasteiger partial charge is 0.501 e. The van der Waals surface area contributed by atoms with Crippen LogP contribution in [0.3, 0.4) is 0 Å². The van der Waals surface area contributed by atoms with E-state index in [0.29, 0.717) is 79.3 Å². The van der Waals surface area contributed by atoms with Gasteiger partial charge in [-0.15, -0.1) is 0 Å². The van der Waals surface area contributed by atoms with Gasteiger partial charge in [0, 0.05) is 26.4 Å². The van der Waals surface area contributed by atoms with E-state index in [4.69, 9.17) is 41.7 Å². The van der Waals surface area contributed by atoms with E-state index in [1.807, 2.05) is 0 Å². The lowest BCUT2D eigenvalue weighted by atomic mass is 10.1. The van der Waals surface area contributed by atoms with Crippen LogP contribution >= 0.6 is 0 Å². The van der Waals surface area contributed by atoms with Gasteiger partial charge in [0.05, 0.1) is 79.3 Å². The molecule has 0 aromatic heterocycles. The highest BCUT2D eigenvalue weighted by Gasteiger charge is 2.45. The van der Waals surface area contributed by atoms with E-state index >= 15 is 0 Å². The van der Waals surface area contributed by atoms with Crippen LogP contribution in [0.4, 0.5) is 0 Å². The minimum atomic E-state index is -2.71. The Morgan fingerprint density at radius 2 is 1.13 bits per heavy atom. The number of rotatable bonds is 22. The number of hydrogen-bond donors (Lipinski definition) is 0. The standard InChI is InChI=1S/C21H44O9Si/c1-4-6-21-7-5-20-31(30-21,28-18-16-26-14-12-24-10-8-22-2)29-19-17-27-15-13-25-11-9-23-3/h21H,4-20H2,1-3H3. The third-order valence-corrected chi connectivity index (χ3v) is 7.62. The summed E-state index contributed by atoms with van der Waals surface area (Å²) in [6, 6.07) is 0.841. The van der Waals surface area contributed by atoms with Crippen molar-refractivity contribution in [3.63, 3.8) is 0 Å². The molecule has 1 heterocycles. The van der Waals surface area contributed by atoms with E-state index in [1.165, 1.54) is 0 Å². The van der Waals surface area contributed by atoms with Crippen molar-refractivity contribution in [3.8, 4) is 0 Å². The van der Waals surface area contributed by atoms with Gasteiger partial charge in [0.2, 0.25) is 0 Å². The summed E-state index contributed by atoms with van der Waals surface area (Å²) >= 11 is 0. The summed E-state index contributed by atoms with van der Waals surface area (Å²) in [5, 5.41) is 0. The molecule has 1 fully saturated rings. The molecule has 0 aromatic rings. The van der Waals surface area contributed by atoms with Crippen molar-refractivity contribution in [2.75, 3.05) is 93.5 Å². The molecule has 1 saturated heterocycles. The van der Waals surface area contributed by atoms with E-state index < -0.39 is 8.80 Å². The zero-order valence-electron chi connectivity index (χ0n) is 19.8. The zero-order chi connectivity index (χ0) is 22.5. The van der Waals surface area contributed by atoms with Gasteiger partial charge < -0.3 is 41.7 Å². The predicted octanol–water partition coefficient (Wildman–Crippen LogP) is 2.30. The highest BCUT2D eigenvalue weighted by molar-refractivity contribution is 6.60. The van der Waals surface area contributed by atoms with Crippen molar-refractivity contribution < 1.29 is 41.7 Å². The third-order valence-electron chi connectivity index (χ3n) is 4.67. The Hall–Kier alpha value is -0.143. The van der Waals surface area contributed by atoms with Crippen LogP contribution < -0.4 is 0 Å². The number of hydrogen-bond acceptors (Lipinski definition) is 9. The van der Waals surface area contributed by atoms with E-state index in [9.17, 15) is 0 Å². The molecule has 1 rings (SSSR count). The van der Waals surface area contributed by atoms with Crippen molar-refractivity contribution in [3.05, 3.63) is 0 Å². The third kappa shape index (κ3) is 15.3. The first kappa shape index (κ1) is 28.9. The summed E-state index contributed by atoms with van der Waals surface area (Å²) < 4.78 is 50.6. The van der Waals surface area contributed by atoms with Gasteiger partial charge in [0.1, 0.15) is 0 Å². The first-order valence-corrected chi connectivity index (χ1v) is 13.4. The van der Waals surface area contributed by atoms with E-state index in [0.717, 1.165) is 31.7 Å². The van der Waals surface area contributed by atoms with Crippen molar-refractivity contribution in [2.24, 2.45) is 0 Å². The normalized spacial score (nSPS) is 18.5. The van der Waals surface area contributed by atoms with Gasteiger partial charge in [0.25, 0.3) is 0 Å². The van der Waals surface area contributed by atoms with Crippen LogP contribution in [0.15, 0.2) is 0 Å². The lowest BCUT2D eigenvalue weighted by Gasteiger charge is -2.37. The fraction of sp³-hybridized carbons (Fsp3) is 1.00. The summed E-state index contributed by atoms with van der Waals surface area (Å²) in [6.07, 6.45) is 4.48. The summed E-state index contributed by atoms with van der Waals surface area (Å²) in [4.78, 5) is 0. The van der Waals surface area contributed by atoms with E-state index in [1.54, 1.807) is 14.2 Å². The van der Waals surface area contributed by atoms with Gasteiger partial charge in [0.15, 0.2) is 0 Å². The topological polar surface area (TPSA) is 83.1 Å². The van der Waals surface area contributed by atoms with Crippen molar-refractivity contribution in [2.45, 2.75) is 44.8 Å². The fourth-order valence-electron chi connectivity index (χ4n) is 3.14. The first-order valence-electron chi connectivity index (χ1n) is 11.5. The second kappa shape index (κ2) is 20.5. The summed E-state index contributed by atoms with van der Waals surface area (Å²) in [5.41, 5.74) is 0. The van der Waals surface area contributed by atoms with Crippen LogP contribution in [0.2, 0.25) is 6.04 Å². The fourth-order valence-corrected chi connectivity index (χ4v) is 5.93. The Morgan fingerprint density at radius 3 is 1.58 bits per heavy atom. The molecule has 0 radical (unpaired) electrons. The zero-order valence-corrected chi connectivity index (χ0v) is 20.8. The highest BCUT2D eigenvalue weighted by Crippen LogP contribution is 2.30. The molecule has 186 valence electrons. The van der Waals surface area contributed by atoms with Crippen molar-refractivity contribution in [1.29, 1.82) is 0 Å². The minimum absolute atomic E-state index is 0.218. The van der Waals surface area contributed by atoms with E-state index in [-0.39, 0.29) is 6.10 Å². The molecule has 1 aliphatic rings. The molecule has 0 N–H and O–H groups in total. The van der Waals surface area contributed by atoms with Gasteiger partial charge in [-0.1, -0.05) is 13.3 Å². The Labute approximate surface area is 189 Å². The molecule has 0 amide bonds. The van der Waals surface area contributed by atoms with Crippen LogP contribution in [0.25, 0.3) is 0 Å². The van der Waals surface area contributed by atoms with Crippen molar-refractivity contribution >= 4 is 8.80 Å². The average molecular weight is 469 g/mol. The molecule has 0 aromatic carbocycles. The Kier molecular flexibility index (Phi) is 19.1. The molecule has 0 bridgehead atoms. The molecule has 31 heavy (non-hydrogen) atoms. The molecule has 1 unspecified atom stereocenters. The predicted molar refractivity (Wildman–Crippen MR) is 119 cm³/mol. The van der Waals surface area contributed by atoms with Gasteiger partial charge in [-0.25, -0.2) is 0 Å². The minimum Gasteiger partial charge on any atom is -0.382 e. The van der Waals surface area contributed by atoms with Crippen molar-refractivity contribution in [1.82, 2.24) is 0 Å². The van der Waals surface area contributed by atoms with Gasteiger partial charge in [-0.05, 0) is 19.3 Å².